The summed E-state index contributed by atoms with van der Waals surface area (Å²) in [6.07, 6.45) is 4.21. The average Bonchev–Trinajstić information content (AvgIpc) is 2.71. The highest BCUT2D eigenvalue weighted by atomic mass is 32.1. The van der Waals surface area contributed by atoms with Crippen LogP contribution in [0.4, 0.5) is 0 Å². The van der Waals surface area contributed by atoms with Crippen LogP contribution in [0.25, 0.3) is 0 Å². The van der Waals surface area contributed by atoms with Crippen molar-refractivity contribution >= 4 is 17.2 Å². The van der Waals surface area contributed by atoms with Crippen LogP contribution in [0.1, 0.15) is 24.8 Å². The largest absolute Gasteiger partial charge is 0.355 e. The zero-order chi connectivity index (χ0) is 11.2. The van der Waals surface area contributed by atoms with Crippen LogP contribution in [-0.4, -0.2) is 25.0 Å². The molecule has 0 saturated carbocycles. The van der Waals surface area contributed by atoms with Crippen LogP contribution < -0.4 is 10.6 Å². The number of amides is 1. The molecule has 1 fully saturated rings. The lowest BCUT2D eigenvalue weighted by molar-refractivity contribution is -0.122. The van der Waals surface area contributed by atoms with Gasteiger partial charge >= 0.3 is 0 Å². The Kier molecular flexibility index (Phi) is 4.36. The van der Waals surface area contributed by atoms with E-state index < -0.39 is 0 Å². The highest BCUT2D eigenvalue weighted by Crippen LogP contribution is 2.08. The fourth-order valence-corrected chi connectivity index (χ4v) is 2.66. The van der Waals surface area contributed by atoms with E-state index in [0.29, 0.717) is 0 Å². The minimum absolute atomic E-state index is 0.0149. The number of thiophene rings is 1. The van der Waals surface area contributed by atoms with Crippen molar-refractivity contribution in [3.63, 3.8) is 0 Å². The van der Waals surface area contributed by atoms with Gasteiger partial charge in [-0.2, -0.15) is 11.3 Å². The molecule has 1 aliphatic rings. The standard InChI is InChI=1S/C12H18N2OS/c15-12-11(3-1-2-6-14-12)13-7-4-10-5-8-16-9-10/h5,8-9,11,13H,1-4,6-7H2,(H,14,15). The van der Waals surface area contributed by atoms with Crippen molar-refractivity contribution in [1.29, 1.82) is 0 Å². The molecule has 4 heteroatoms. The van der Waals surface area contributed by atoms with Gasteiger partial charge in [0.05, 0.1) is 6.04 Å². The number of hydrogen-bond donors (Lipinski definition) is 2. The van der Waals surface area contributed by atoms with E-state index in [1.807, 2.05) is 0 Å². The molecule has 1 aromatic rings. The minimum atomic E-state index is 0.0149. The van der Waals surface area contributed by atoms with E-state index in [-0.39, 0.29) is 11.9 Å². The van der Waals surface area contributed by atoms with E-state index >= 15 is 0 Å². The van der Waals surface area contributed by atoms with Crippen molar-refractivity contribution in [2.24, 2.45) is 0 Å². The van der Waals surface area contributed by atoms with Gasteiger partial charge in [0.2, 0.25) is 5.91 Å². The van der Waals surface area contributed by atoms with Gasteiger partial charge < -0.3 is 10.6 Å². The molecule has 3 nitrogen and oxygen atoms in total. The molecule has 88 valence electrons. The number of rotatable bonds is 4. The van der Waals surface area contributed by atoms with E-state index in [9.17, 15) is 4.79 Å². The average molecular weight is 238 g/mol. The number of carbonyl (C=O) groups is 1. The predicted molar refractivity (Wildman–Crippen MR) is 66.7 cm³/mol. The summed E-state index contributed by atoms with van der Waals surface area (Å²) in [5, 5.41) is 10.5. The summed E-state index contributed by atoms with van der Waals surface area (Å²) in [6.45, 7) is 1.72. The molecule has 2 N–H and O–H groups in total. The van der Waals surface area contributed by atoms with Crippen LogP contribution in [0.5, 0.6) is 0 Å². The summed E-state index contributed by atoms with van der Waals surface area (Å²) >= 11 is 1.72. The predicted octanol–water partition coefficient (Wildman–Crippen LogP) is 1.55. The Bertz CT molecular complexity index is 324. The first-order valence-corrected chi connectivity index (χ1v) is 6.83. The third-order valence-electron chi connectivity index (χ3n) is 2.92. The fourth-order valence-electron chi connectivity index (χ4n) is 1.96. The monoisotopic (exact) mass is 238 g/mol. The van der Waals surface area contributed by atoms with E-state index in [1.54, 1.807) is 11.3 Å². The molecule has 1 aromatic heterocycles. The molecule has 0 bridgehead atoms. The molecule has 1 amide bonds. The lowest BCUT2D eigenvalue weighted by Gasteiger charge is -2.14. The summed E-state index contributed by atoms with van der Waals surface area (Å²) in [7, 11) is 0. The zero-order valence-electron chi connectivity index (χ0n) is 9.37. The second-order valence-electron chi connectivity index (χ2n) is 4.18. The Balaban J connectivity index is 1.73. The summed E-state index contributed by atoms with van der Waals surface area (Å²) in [4.78, 5) is 11.6. The van der Waals surface area contributed by atoms with Crippen LogP contribution in [0, 0.1) is 0 Å². The third kappa shape index (κ3) is 3.32. The molecule has 0 spiro atoms. The van der Waals surface area contributed by atoms with Crippen molar-refractivity contribution in [2.75, 3.05) is 13.1 Å². The van der Waals surface area contributed by atoms with Gasteiger partial charge in [0.1, 0.15) is 0 Å². The Morgan fingerprint density at radius 3 is 3.25 bits per heavy atom. The second-order valence-corrected chi connectivity index (χ2v) is 4.96. The van der Waals surface area contributed by atoms with Gasteiger partial charge in [-0.05, 0) is 54.6 Å². The molecule has 0 aromatic carbocycles. The molecule has 0 radical (unpaired) electrons. The first kappa shape index (κ1) is 11.6. The van der Waals surface area contributed by atoms with E-state index in [4.69, 9.17) is 0 Å². The van der Waals surface area contributed by atoms with E-state index in [0.717, 1.165) is 38.8 Å². The van der Waals surface area contributed by atoms with Crippen LogP contribution in [0.3, 0.4) is 0 Å². The second kappa shape index (κ2) is 6.01. The summed E-state index contributed by atoms with van der Waals surface area (Å²) in [5.41, 5.74) is 1.35. The molecule has 2 rings (SSSR count). The summed E-state index contributed by atoms with van der Waals surface area (Å²) < 4.78 is 0. The molecule has 1 saturated heterocycles. The normalized spacial score (nSPS) is 21.5. The summed E-state index contributed by atoms with van der Waals surface area (Å²) in [5.74, 6) is 0.169. The Morgan fingerprint density at radius 1 is 1.50 bits per heavy atom. The SMILES string of the molecule is O=C1NCCCCC1NCCc1ccsc1. The fraction of sp³-hybridized carbons (Fsp3) is 0.583. The first-order valence-electron chi connectivity index (χ1n) is 5.88. The maximum absolute atomic E-state index is 11.6. The molecule has 16 heavy (non-hydrogen) atoms. The molecular formula is C12H18N2OS. The molecular weight excluding hydrogens is 220 g/mol. The van der Waals surface area contributed by atoms with Crippen LogP contribution >= 0.6 is 11.3 Å². The summed E-state index contributed by atoms with van der Waals surface area (Å²) in [6, 6.07) is 2.15. The van der Waals surface area contributed by atoms with E-state index in [1.165, 1.54) is 5.56 Å². The van der Waals surface area contributed by atoms with Crippen molar-refractivity contribution in [1.82, 2.24) is 10.6 Å². The molecule has 1 atom stereocenters. The van der Waals surface area contributed by atoms with Crippen molar-refractivity contribution < 1.29 is 4.79 Å². The highest BCUT2D eigenvalue weighted by Gasteiger charge is 2.19. The smallest absolute Gasteiger partial charge is 0.237 e. The van der Waals surface area contributed by atoms with Gasteiger partial charge in [-0.1, -0.05) is 0 Å². The lowest BCUT2D eigenvalue weighted by Crippen LogP contribution is -2.43. The first-order chi connectivity index (χ1) is 7.86. The van der Waals surface area contributed by atoms with Gasteiger partial charge in [-0.3, -0.25) is 4.79 Å². The van der Waals surface area contributed by atoms with Crippen LogP contribution in [0.2, 0.25) is 0 Å². The Morgan fingerprint density at radius 2 is 2.44 bits per heavy atom. The maximum atomic E-state index is 11.6. The number of nitrogens with one attached hydrogen (secondary N) is 2. The van der Waals surface area contributed by atoms with Gasteiger partial charge in [-0.25, -0.2) is 0 Å². The molecule has 1 unspecified atom stereocenters. The number of hydrogen-bond acceptors (Lipinski definition) is 3. The van der Waals surface area contributed by atoms with Gasteiger partial charge in [-0.15, -0.1) is 0 Å². The van der Waals surface area contributed by atoms with E-state index in [2.05, 4.69) is 27.5 Å². The Hall–Kier alpha value is -0.870. The van der Waals surface area contributed by atoms with Gasteiger partial charge in [0, 0.05) is 6.54 Å². The van der Waals surface area contributed by atoms with Crippen LogP contribution in [0.15, 0.2) is 16.8 Å². The number of carbonyl (C=O) groups excluding carboxylic acids is 1. The molecule has 1 aliphatic heterocycles. The maximum Gasteiger partial charge on any atom is 0.237 e. The highest BCUT2D eigenvalue weighted by molar-refractivity contribution is 7.07. The van der Waals surface area contributed by atoms with Gasteiger partial charge in [0.15, 0.2) is 0 Å². The molecule has 0 aliphatic carbocycles. The van der Waals surface area contributed by atoms with Crippen LogP contribution in [-0.2, 0) is 11.2 Å². The van der Waals surface area contributed by atoms with Crippen molar-refractivity contribution in [3.05, 3.63) is 22.4 Å². The Labute approximate surface area is 100 Å². The van der Waals surface area contributed by atoms with Crippen molar-refractivity contribution in [3.8, 4) is 0 Å². The van der Waals surface area contributed by atoms with Crippen molar-refractivity contribution in [2.45, 2.75) is 31.7 Å². The quantitative estimate of drug-likeness (QED) is 0.835. The topological polar surface area (TPSA) is 41.1 Å². The third-order valence-corrected chi connectivity index (χ3v) is 3.65. The molecule has 2 heterocycles. The lowest BCUT2D eigenvalue weighted by atomic mass is 10.1. The van der Waals surface area contributed by atoms with Gasteiger partial charge in [0.25, 0.3) is 0 Å². The zero-order valence-corrected chi connectivity index (χ0v) is 10.2. The minimum Gasteiger partial charge on any atom is -0.355 e.